The smallest absolute Gasteiger partial charge is 0.265 e. The molecule has 2 amide bonds. The zero-order valence-electron chi connectivity index (χ0n) is 27.9. The fourth-order valence-corrected chi connectivity index (χ4v) is 7.01. The summed E-state index contributed by atoms with van der Waals surface area (Å²) in [5, 5.41) is 3.52. The summed E-state index contributed by atoms with van der Waals surface area (Å²) in [5.74, 6) is -0.450. The molecule has 1 atom stereocenters. The number of hydrogen-bond acceptors (Lipinski definition) is 7. The third-order valence-corrected chi connectivity index (χ3v) is 9.99. The van der Waals surface area contributed by atoms with Crippen LogP contribution in [0.25, 0.3) is 0 Å². The number of anilines is 1. The fraction of sp³-hybridized carbons (Fsp3) is 0.278. The van der Waals surface area contributed by atoms with Gasteiger partial charge in [0, 0.05) is 35.1 Å². The molecule has 1 N–H and O–H groups in total. The summed E-state index contributed by atoms with van der Waals surface area (Å²) in [6, 6.07) is 23.5. The molecule has 0 aliphatic heterocycles. The van der Waals surface area contributed by atoms with Gasteiger partial charge in [-0.15, -0.1) is 0 Å². The Balaban J connectivity index is 1.89. The van der Waals surface area contributed by atoms with Crippen molar-refractivity contribution in [3.63, 3.8) is 0 Å². The molecule has 260 valence electrons. The van der Waals surface area contributed by atoms with E-state index in [1.165, 1.54) is 56.6 Å². The van der Waals surface area contributed by atoms with Gasteiger partial charge in [0.25, 0.3) is 10.0 Å². The molecule has 0 spiro atoms. The number of carbonyl (C=O) groups excluding carboxylic acids is 2. The van der Waals surface area contributed by atoms with E-state index >= 15 is 0 Å². The van der Waals surface area contributed by atoms with Crippen molar-refractivity contribution in [3.05, 3.63) is 112 Å². The molecule has 4 rings (SSSR count). The van der Waals surface area contributed by atoms with Crippen LogP contribution < -0.4 is 23.8 Å². The number of rotatable bonds is 15. The maximum absolute atomic E-state index is 14.7. The maximum atomic E-state index is 14.7. The monoisotopic (exact) mass is 727 g/mol. The number of halogens is 2. The Labute approximate surface area is 297 Å². The van der Waals surface area contributed by atoms with Crippen LogP contribution in [0.3, 0.4) is 0 Å². The second kappa shape index (κ2) is 16.8. The van der Waals surface area contributed by atoms with Crippen molar-refractivity contribution in [3.8, 4) is 17.2 Å². The van der Waals surface area contributed by atoms with Gasteiger partial charge in [0.15, 0.2) is 11.5 Å². The minimum Gasteiger partial charge on any atom is -0.495 e. The molecule has 0 fully saturated rings. The Bertz CT molecular complexity index is 1870. The normalized spacial score (nSPS) is 11.8. The Morgan fingerprint density at radius 2 is 1.43 bits per heavy atom. The number of benzene rings is 4. The van der Waals surface area contributed by atoms with Crippen molar-refractivity contribution in [1.82, 2.24) is 10.2 Å². The Kier molecular flexibility index (Phi) is 12.8. The molecule has 0 saturated carbocycles. The van der Waals surface area contributed by atoms with Crippen LogP contribution in [0.4, 0.5) is 5.69 Å². The van der Waals surface area contributed by atoms with Crippen LogP contribution in [0, 0.1) is 0 Å². The molecule has 49 heavy (non-hydrogen) atoms. The Morgan fingerprint density at radius 3 is 2.06 bits per heavy atom. The molecule has 0 saturated heterocycles. The number of sulfonamides is 1. The number of hydrogen-bond donors (Lipinski definition) is 1. The minimum atomic E-state index is -4.51. The molecule has 0 aliphatic carbocycles. The van der Waals surface area contributed by atoms with Crippen molar-refractivity contribution in [1.29, 1.82) is 0 Å². The summed E-state index contributed by atoms with van der Waals surface area (Å²) in [6.07, 6.45) is 0.151. The van der Waals surface area contributed by atoms with Crippen LogP contribution in [0.1, 0.15) is 25.0 Å². The first-order valence-corrected chi connectivity index (χ1v) is 17.5. The van der Waals surface area contributed by atoms with Gasteiger partial charge in [-0.1, -0.05) is 71.7 Å². The molecule has 10 nitrogen and oxygen atoms in total. The lowest BCUT2D eigenvalue weighted by molar-refractivity contribution is -0.140. The van der Waals surface area contributed by atoms with Crippen LogP contribution in [0.15, 0.2) is 95.9 Å². The number of amides is 2. The first-order valence-electron chi connectivity index (χ1n) is 15.3. The highest BCUT2D eigenvalue weighted by Crippen LogP contribution is 2.37. The first-order chi connectivity index (χ1) is 23.4. The van der Waals surface area contributed by atoms with Crippen molar-refractivity contribution >= 4 is 50.7 Å². The second-order valence-electron chi connectivity index (χ2n) is 11.3. The van der Waals surface area contributed by atoms with Crippen LogP contribution >= 0.6 is 23.2 Å². The highest BCUT2D eigenvalue weighted by atomic mass is 35.5. The lowest BCUT2D eigenvalue weighted by Crippen LogP contribution is -2.54. The van der Waals surface area contributed by atoms with E-state index in [0.717, 1.165) is 9.87 Å². The number of nitrogens with zero attached hydrogens (tertiary/aromatic N) is 2. The number of carbonyl (C=O) groups is 2. The second-order valence-corrected chi connectivity index (χ2v) is 14.0. The molecule has 0 radical (unpaired) electrons. The van der Waals surface area contributed by atoms with Crippen molar-refractivity contribution < 1.29 is 32.2 Å². The zero-order chi connectivity index (χ0) is 35.7. The van der Waals surface area contributed by atoms with Crippen LogP contribution in [0.5, 0.6) is 17.2 Å². The van der Waals surface area contributed by atoms with E-state index < -0.39 is 34.4 Å². The third-order valence-electron chi connectivity index (χ3n) is 7.63. The summed E-state index contributed by atoms with van der Waals surface area (Å²) < 4.78 is 46.2. The van der Waals surface area contributed by atoms with E-state index in [9.17, 15) is 18.0 Å². The van der Waals surface area contributed by atoms with Crippen molar-refractivity contribution in [2.75, 3.05) is 32.2 Å². The van der Waals surface area contributed by atoms with E-state index in [1.54, 1.807) is 30.3 Å². The van der Waals surface area contributed by atoms with Gasteiger partial charge in [-0.25, -0.2) is 8.42 Å². The standard InChI is InChI=1S/C36H39Cl2N3O7S/c1-24(2)39-36(43)31(19-25-11-7-6-8-12-25)40(22-26-13-9-10-14-29(26)38)35(42)23-41(30-20-27(37)15-17-32(30)46-3)49(44,45)28-16-18-33(47-4)34(21-28)48-5/h6-18,20-21,24,31H,19,22-23H2,1-5H3,(H,39,43). The van der Waals surface area contributed by atoms with E-state index in [1.807, 2.05) is 44.2 Å². The lowest BCUT2D eigenvalue weighted by atomic mass is 10.0. The van der Waals surface area contributed by atoms with Gasteiger partial charge in [0.2, 0.25) is 11.8 Å². The van der Waals surface area contributed by atoms with Gasteiger partial charge < -0.3 is 24.4 Å². The SMILES string of the molecule is COc1ccc(S(=O)(=O)N(CC(=O)N(Cc2ccccc2Cl)C(Cc2ccccc2)C(=O)NC(C)C)c2cc(Cl)ccc2OC)cc1OC. The molecule has 1 unspecified atom stereocenters. The molecule has 4 aromatic rings. The average Bonchev–Trinajstić information content (AvgIpc) is 3.09. The highest BCUT2D eigenvalue weighted by Gasteiger charge is 2.36. The average molecular weight is 729 g/mol. The Hall–Kier alpha value is -4.45. The van der Waals surface area contributed by atoms with Gasteiger partial charge in [-0.2, -0.15) is 0 Å². The summed E-state index contributed by atoms with van der Waals surface area (Å²) in [5.41, 5.74) is 1.39. The Morgan fingerprint density at radius 1 is 0.796 bits per heavy atom. The van der Waals surface area contributed by atoms with Gasteiger partial charge >= 0.3 is 0 Å². The van der Waals surface area contributed by atoms with Crippen LogP contribution in [0.2, 0.25) is 10.0 Å². The van der Waals surface area contributed by atoms with E-state index in [2.05, 4.69) is 5.32 Å². The van der Waals surface area contributed by atoms with Crippen LogP contribution in [-0.2, 0) is 32.6 Å². The number of methoxy groups -OCH3 is 3. The molecule has 13 heteroatoms. The fourth-order valence-electron chi connectivity index (χ4n) is 5.22. The molecule has 0 bridgehead atoms. The van der Waals surface area contributed by atoms with Crippen molar-refractivity contribution in [2.24, 2.45) is 0 Å². The summed E-state index contributed by atoms with van der Waals surface area (Å²) in [7, 11) is -0.310. The van der Waals surface area contributed by atoms with Crippen molar-refractivity contribution in [2.45, 2.75) is 43.8 Å². The predicted octanol–water partition coefficient (Wildman–Crippen LogP) is 6.38. The zero-order valence-corrected chi connectivity index (χ0v) is 30.2. The third kappa shape index (κ3) is 9.17. The van der Waals surface area contributed by atoms with Gasteiger partial charge in [-0.05, 0) is 61.4 Å². The molecule has 4 aromatic carbocycles. The predicted molar refractivity (Wildman–Crippen MR) is 191 cm³/mol. The quantitative estimate of drug-likeness (QED) is 0.151. The topological polar surface area (TPSA) is 114 Å². The molecule has 0 heterocycles. The number of ether oxygens (including phenoxy) is 3. The largest absolute Gasteiger partial charge is 0.495 e. The minimum absolute atomic E-state index is 0.0158. The molecular formula is C36H39Cl2N3O7S. The number of nitrogens with one attached hydrogen (secondary N) is 1. The summed E-state index contributed by atoms with van der Waals surface area (Å²) >= 11 is 12.9. The van der Waals surface area contributed by atoms with Gasteiger partial charge in [0.1, 0.15) is 18.3 Å². The van der Waals surface area contributed by atoms with Gasteiger partial charge in [0.05, 0.1) is 31.9 Å². The van der Waals surface area contributed by atoms with E-state index in [0.29, 0.717) is 16.3 Å². The first kappa shape index (κ1) is 37.4. The van der Waals surface area contributed by atoms with Gasteiger partial charge in [-0.3, -0.25) is 13.9 Å². The highest BCUT2D eigenvalue weighted by molar-refractivity contribution is 7.92. The molecule has 0 aliphatic rings. The summed E-state index contributed by atoms with van der Waals surface area (Å²) in [4.78, 5) is 29.8. The van der Waals surface area contributed by atoms with E-state index in [-0.39, 0.29) is 46.1 Å². The maximum Gasteiger partial charge on any atom is 0.265 e. The van der Waals surface area contributed by atoms with Crippen LogP contribution in [-0.4, -0.2) is 65.1 Å². The molecule has 0 aromatic heterocycles. The molecular weight excluding hydrogens is 689 g/mol. The van der Waals surface area contributed by atoms with E-state index in [4.69, 9.17) is 37.4 Å². The lowest BCUT2D eigenvalue weighted by Gasteiger charge is -2.34. The summed E-state index contributed by atoms with van der Waals surface area (Å²) in [6.45, 7) is 2.83.